The number of aliphatic carboxylic acids is 1. The molecule has 3 heterocycles. The van der Waals surface area contributed by atoms with E-state index in [1.165, 1.54) is 17.6 Å². The van der Waals surface area contributed by atoms with Gasteiger partial charge in [0.05, 0.1) is 0 Å². The highest BCUT2D eigenvalue weighted by Gasteiger charge is 2.44. The van der Waals surface area contributed by atoms with Gasteiger partial charge in [-0.05, 0) is 12.5 Å². The van der Waals surface area contributed by atoms with E-state index in [0.717, 1.165) is 5.69 Å². The molecule has 6 nitrogen and oxygen atoms in total. The van der Waals surface area contributed by atoms with Crippen molar-refractivity contribution in [2.75, 3.05) is 13.1 Å². The highest BCUT2D eigenvalue weighted by Crippen LogP contribution is 2.41. The van der Waals surface area contributed by atoms with Crippen LogP contribution in [-0.2, 0) is 9.59 Å². The molecule has 0 aliphatic carbocycles. The Kier molecular flexibility index (Phi) is 2.88. The van der Waals surface area contributed by atoms with Crippen LogP contribution in [0.5, 0.6) is 0 Å². The fourth-order valence-corrected chi connectivity index (χ4v) is 3.51. The zero-order valence-corrected chi connectivity index (χ0v) is 11.2. The first kappa shape index (κ1) is 12.9. The highest BCUT2D eigenvalue weighted by atomic mass is 16.4. The Balaban J connectivity index is 2.14. The number of nitrogens with zero attached hydrogens (tertiary/aromatic N) is 2. The summed E-state index contributed by atoms with van der Waals surface area (Å²) in [5.41, 5.74) is 0.452. The molecule has 1 aromatic heterocycles. The standard InChI is InChI=1S/C14H16N2O4/c1-8(17)15-6-9-5-10(7-15)13(14(19)20)16-11(9)3-2-4-12(16)18/h2-4,9-10,13H,5-7H2,1H3,(H,19,20)/t9-,10+,13-/m1/s1. The van der Waals surface area contributed by atoms with Gasteiger partial charge in [0.25, 0.3) is 5.56 Å². The van der Waals surface area contributed by atoms with Crippen molar-refractivity contribution in [3.8, 4) is 0 Å². The van der Waals surface area contributed by atoms with Crippen LogP contribution < -0.4 is 5.56 Å². The molecule has 0 saturated carbocycles. The number of amides is 1. The van der Waals surface area contributed by atoms with E-state index in [0.29, 0.717) is 19.5 Å². The Bertz CT molecular complexity index is 636. The molecule has 1 aromatic rings. The lowest BCUT2D eigenvalue weighted by Crippen LogP contribution is -2.52. The van der Waals surface area contributed by atoms with E-state index in [-0.39, 0.29) is 23.3 Å². The van der Waals surface area contributed by atoms with Crippen molar-refractivity contribution < 1.29 is 14.7 Å². The lowest BCUT2D eigenvalue weighted by molar-refractivity contribution is -0.146. The minimum atomic E-state index is -1.01. The molecule has 0 spiro atoms. The summed E-state index contributed by atoms with van der Waals surface area (Å²) < 4.78 is 1.40. The van der Waals surface area contributed by atoms with Gasteiger partial charge in [0.1, 0.15) is 6.04 Å². The number of pyridine rings is 1. The second-order valence-corrected chi connectivity index (χ2v) is 5.56. The third-order valence-corrected chi connectivity index (χ3v) is 4.35. The number of likely N-dealkylation sites (tertiary alicyclic amines) is 1. The summed E-state index contributed by atoms with van der Waals surface area (Å²) >= 11 is 0. The van der Waals surface area contributed by atoms with Gasteiger partial charge < -0.3 is 10.0 Å². The minimum absolute atomic E-state index is 0.0437. The average Bonchev–Trinajstić information content (AvgIpc) is 2.39. The van der Waals surface area contributed by atoms with Gasteiger partial charge in [0.2, 0.25) is 5.91 Å². The van der Waals surface area contributed by atoms with Gasteiger partial charge >= 0.3 is 5.97 Å². The van der Waals surface area contributed by atoms with Crippen molar-refractivity contribution in [1.82, 2.24) is 9.47 Å². The van der Waals surface area contributed by atoms with Crippen molar-refractivity contribution >= 4 is 11.9 Å². The Morgan fingerprint density at radius 2 is 2.05 bits per heavy atom. The molecule has 0 radical (unpaired) electrons. The van der Waals surface area contributed by atoms with Gasteiger partial charge in [0, 0.05) is 43.6 Å². The summed E-state index contributed by atoms with van der Waals surface area (Å²) in [4.78, 5) is 36.9. The van der Waals surface area contributed by atoms with Gasteiger partial charge in [0.15, 0.2) is 0 Å². The lowest BCUT2D eigenvalue weighted by Gasteiger charge is -2.45. The molecule has 1 saturated heterocycles. The number of carboxylic acids is 1. The predicted molar refractivity (Wildman–Crippen MR) is 70.5 cm³/mol. The van der Waals surface area contributed by atoms with Crippen LogP contribution in [0.4, 0.5) is 0 Å². The van der Waals surface area contributed by atoms with Gasteiger partial charge in [-0.1, -0.05) is 6.07 Å². The molecule has 1 fully saturated rings. The minimum Gasteiger partial charge on any atom is -0.480 e. The maximum atomic E-state index is 12.0. The molecule has 20 heavy (non-hydrogen) atoms. The Labute approximate surface area is 115 Å². The monoisotopic (exact) mass is 276 g/mol. The van der Waals surface area contributed by atoms with Crippen molar-refractivity contribution in [3.05, 3.63) is 34.2 Å². The smallest absolute Gasteiger partial charge is 0.327 e. The topological polar surface area (TPSA) is 79.6 Å². The summed E-state index contributed by atoms with van der Waals surface area (Å²) in [5, 5.41) is 9.48. The summed E-state index contributed by atoms with van der Waals surface area (Å²) in [6.07, 6.45) is 0.712. The van der Waals surface area contributed by atoms with Gasteiger partial charge in [-0.25, -0.2) is 4.79 Å². The van der Waals surface area contributed by atoms with Crippen LogP contribution >= 0.6 is 0 Å². The first-order valence-electron chi connectivity index (χ1n) is 6.69. The number of carbonyl (C=O) groups is 2. The normalized spacial score (nSPS) is 27.9. The van der Waals surface area contributed by atoms with Crippen LogP contribution in [0.1, 0.15) is 31.0 Å². The SMILES string of the molecule is CC(=O)N1C[C@H]2C[C@@H](C1)[C@H](C(=O)O)n1c2cccc1=O. The average molecular weight is 276 g/mol. The largest absolute Gasteiger partial charge is 0.480 e. The molecule has 0 aromatic carbocycles. The van der Waals surface area contributed by atoms with E-state index in [4.69, 9.17) is 0 Å². The van der Waals surface area contributed by atoms with Crippen molar-refractivity contribution in [3.63, 3.8) is 0 Å². The zero-order chi connectivity index (χ0) is 14.4. The molecule has 0 unspecified atom stereocenters. The molecule has 2 aliphatic heterocycles. The number of hydrogen-bond donors (Lipinski definition) is 1. The fraction of sp³-hybridized carbons (Fsp3) is 0.500. The molecular weight excluding hydrogens is 260 g/mol. The Hall–Kier alpha value is -2.11. The third kappa shape index (κ3) is 1.83. The number of piperidine rings is 1. The quantitative estimate of drug-likeness (QED) is 0.807. The summed E-state index contributed by atoms with van der Waals surface area (Å²) in [6, 6.07) is 3.96. The van der Waals surface area contributed by atoms with Crippen LogP contribution in [0.2, 0.25) is 0 Å². The maximum Gasteiger partial charge on any atom is 0.327 e. The summed E-state index contributed by atoms with van der Waals surface area (Å²) in [7, 11) is 0. The van der Waals surface area contributed by atoms with Crippen LogP contribution in [0.15, 0.2) is 23.0 Å². The van der Waals surface area contributed by atoms with E-state index in [9.17, 15) is 19.5 Å². The van der Waals surface area contributed by atoms with Crippen molar-refractivity contribution in [2.24, 2.45) is 5.92 Å². The number of hydrogen-bond acceptors (Lipinski definition) is 3. The van der Waals surface area contributed by atoms with Gasteiger partial charge in [-0.15, -0.1) is 0 Å². The first-order valence-corrected chi connectivity index (χ1v) is 6.69. The molecule has 1 N–H and O–H groups in total. The van der Waals surface area contributed by atoms with Crippen LogP contribution in [0.3, 0.4) is 0 Å². The highest BCUT2D eigenvalue weighted by molar-refractivity contribution is 5.75. The van der Waals surface area contributed by atoms with E-state index in [1.54, 1.807) is 17.0 Å². The molecule has 2 bridgehead atoms. The van der Waals surface area contributed by atoms with E-state index < -0.39 is 12.0 Å². The van der Waals surface area contributed by atoms with E-state index >= 15 is 0 Å². The first-order chi connectivity index (χ1) is 9.49. The van der Waals surface area contributed by atoms with Crippen molar-refractivity contribution in [2.45, 2.75) is 25.3 Å². The van der Waals surface area contributed by atoms with Gasteiger partial charge in [-0.2, -0.15) is 0 Å². The third-order valence-electron chi connectivity index (χ3n) is 4.35. The second-order valence-electron chi connectivity index (χ2n) is 5.56. The molecule has 3 rings (SSSR count). The second kappa shape index (κ2) is 4.47. The summed E-state index contributed by atoms with van der Waals surface area (Å²) in [6.45, 7) is 2.46. The van der Waals surface area contributed by atoms with E-state index in [2.05, 4.69) is 0 Å². The Morgan fingerprint density at radius 3 is 2.70 bits per heavy atom. The summed E-state index contributed by atoms with van der Waals surface area (Å²) in [5.74, 6) is -1.21. The number of rotatable bonds is 1. The molecule has 3 atom stereocenters. The number of carboxylic acid groups (broad SMARTS) is 1. The zero-order valence-electron chi connectivity index (χ0n) is 11.2. The lowest BCUT2D eigenvalue weighted by atomic mass is 9.78. The number of fused-ring (bicyclic) bond motifs is 4. The van der Waals surface area contributed by atoms with Crippen LogP contribution in [0.25, 0.3) is 0 Å². The van der Waals surface area contributed by atoms with Gasteiger partial charge in [-0.3, -0.25) is 14.2 Å². The predicted octanol–water partition coefficient (Wildman–Crippen LogP) is 0.440. The number of carbonyl (C=O) groups excluding carboxylic acids is 1. The van der Waals surface area contributed by atoms with E-state index in [1.807, 2.05) is 0 Å². The number of aromatic nitrogens is 1. The van der Waals surface area contributed by atoms with Crippen molar-refractivity contribution in [1.29, 1.82) is 0 Å². The maximum absolute atomic E-state index is 12.0. The van der Waals surface area contributed by atoms with Crippen LogP contribution in [0, 0.1) is 5.92 Å². The molecular formula is C14H16N2O4. The molecule has 2 aliphatic rings. The molecule has 1 amide bonds. The Morgan fingerprint density at radius 1 is 1.30 bits per heavy atom. The van der Waals surface area contributed by atoms with Crippen LogP contribution in [-0.4, -0.2) is 39.5 Å². The molecule has 106 valence electrons. The molecule has 6 heteroatoms. The fourth-order valence-electron chi connectivity index (χ4n) is 3.51.